The first-order chi connectivity index (χ1) is 9.56. The summed E-state index contributed by atoms with van der Waals surface area (Å²) in [5.41, 5.74) is 2.06. The molecule has 20 heavy (non-hydrogen) atoms. The molecular formula is C13H13N3O3S. The van der Waals surface area contributed by atoms with Gasteiger partial charge in [0.25, 0.3) is 11.8 Å². The van der Waals surface area contributed by atoms with Crippen molar-refractivity contribution in [3.8, 4) is 0 Å². The highest BCUT2D eigenvalue weighted by molar-refractivity contribution is 7.80. The molecule has 1 fully saturated rings. The van der Waals surface area contributed by atoms with Crippen LogP contribution in [0.2, 0.25) is 0 Å². The van der Waals surface area contributed by atoms with Gasteiger partial charge in [-0.3, -0.25) is 14.4 Å². The average Bonchev–Trinajstić information content (AvgIpc) is 2.69. The highest BCUT2D eigenvalue weighted by Crippen LogP contribution is 2.28. The summed E-state index contributed by atoms with van der Waals surface area (Å²) in [6.07, 6.45) is 3.49. The van der Waals surface area contributed by atoms with Crippen LogP contribution in [0.5, 0.6) is 0 Å². The van der Waals surface area contributed by atoms with E-state index in [0.29, 0.717) is 0 Å². The van der Waals surface area contributed by atoms with Crippen LogP contribution in [0, 0.1) is 0 Å². The molecule has 2 heterocycles. The lowest BCUT2D eigenvalue weighted by molar-refractivity contribution is -0.133. The second kappa shape index (κ2) is 4.90. The third-order valence-corrected chi connectivity index (χ3v) is 3.92. The fraction of sp³-hybridized carbons (Fsp3) is 0.462. The first-order valence-electron chi connectivity index (χ1n) is 6.56. The van der Waals surface area contributed by atoms with Gasteiger partial charge in [0, 0.05) is 11.3 Å². The van der Waals surface area contributed by atoms with Gasteiger partial charge in [-0.2, -0.15) is 10.1 Å². The lowest BCUT2D eigenvalue weighted by Crippen LogP contribution is -2.40. The molecule has 2 amide bonds. The van der Waals surface area contributed by atoms with Crippen LogP contribution in [-0.4, -0.2) is 33.3 Å². The van der Waals surface area contributed by atoms with Crippen molar-refractivity contribution >= 4 is 40.5 Å². The van der Waals surface area contributed by atoms with E-state index in [1.165, 1.54) is 0 Å². The van der Waals surface area contributed by atoms with Gasteiger partial charge in [-0.25, -0.2) is 0 Å². The second-order valence-electron chi connectivity index (χ2n) is 5.06. The number of hydrogen-bond acceptors (Lipinski definition) is 5. The molecule has 0 bridgehead atoms. The number of hydrazone groups is 1. The molecule has 3 rings (SSSR count). The molecule has 0 saturated carbocycles. The molecule has 3 aliphatic rings. The number of nitrogens with one attached hydrogen (secondary N) is 1. The van der Waals surface area contributed by atoms with Gasteiger partial charge < -0.3 is 5.32 Å². The zero-order valence-corrected chi connectivity index (χ0v) is 11.6. The Morgan fingerprint density at radius 3 is 2.60 bits per heavy atom. The number of ketones is 1. The van der Waals surface area contributed by atoms with E-state index in [-0.39, 0.29) is 35.2 Å². The Bertz CT molecular complexity index is 586. The van der Waals surface area contributed by atoms with Crippen LogP contribution in [0.3, 0.4) is 0 Å². The maximum Gasteiger partial charge on any atom is 0.276 e. The lowest BCUT2D eigenvalue weighted by atomic mass is 9.96. The summed E-state index contributed by atoms with van der Waals surface area (Å²) in [6, 6.07) is 0. The normalized spacial score (nSPS) is 25.4. The number of amides is 2. The highest BCUT2D eigenvalue weighted by Gasteiger charge is 2.34. The molecule has 0 spiro atoms. The van der Waals surface area contributed by atoms with E-state index in [9.17, 15) is 14.4 Å². The fourth-order valence-corrected chi connectivity index (χ4v) is 2.95. The molecule has 1 saturated heterocycles. The van der Waals surface area contributed by atoms with Gasteiger partial charge in [0.2, 0.25) is 0 Å². The molecule has 0 aromatic heterocycles. The van der Waals surface area contributed by atoms with E-state index in [2.05, 4.69) is 10.4 Å². The zero-order valence-electron chi connectivity index (χ0n) is 10.8. The third kappa shape index (κ3) is 2.18. The molecule has 0 atom stereocenters. The quantitative estimate of drug-likeness (QED) is 0.573. The molecule has 104 valence electrons. The number of carbonyl (C=O) groups excluding carboxylic acids is 3. The zero-order chi connectivity index (χ0) is 14.3. The number of rotatable bonds is 1. The first-order valence-corrected chi connectivity index (χ1v) is 6.97. The van der Waals surface area contributed by atoms with Crippen molar-refractivity contribution in [3.05, 3.63) is 11.3 Å². The van der Waals surface area contributed by atoms with Gasteiger partial charge in [0.15, 0.2) is 5.71 Å². The van der Waals surface area contributed by atoms with Gasteiger partial charge >= 0.3 is 0 Å². The molecule has 1 N–H and O–H groups in total. The van der Waals surface area contributed by atoms with Crippen LogP contribution in [-0.2, 0) is 14.4 Å². The molecule has 6 nitrogen and oxygen atoms in total. The Kier molecular flexibility index (Phi) is 3.21. The van der Waals surface area contributed by atoms with Crippen molar-refractivity contribution in [2.24, 2.45) is 5.10 Å². The Balaban J connectivity index is 1.93. The summed E-state index contributed by atoms with van der Waals surface area (Å²) in [6.45, 7) is 0. The van der Waals surface area contributed by atoms with Crippen LogP contribution in [0.15, 0.2) is 16.4 Å². The second-order valence-corrected chi connectivity index (χ2v) is 5.53. The van der Waals surface area contributed by atoms with E-state index in [4.69, 9.17) is 12.2 Å². The van der Waals surface area contributed by atoms with E-state index in [1.807, 2.05) is 0 Å². The molecule has 0 aromatic rings. The van der Waals surface area contributed by atoms with Gasteiger partial charge in [-0.05, 0) is 25.7 Å². The number of hydrogen-bond donors (Lipinski definition) is 1. The number of allylic oxidation sites excluding steroid dienone is 1. The van der Waals surface area contributed by atoms with E-state index in [0.717, 1.165) is 42.0 Å². The molecular weight excluding hydrogens is 278 g/mol. The Labute approximate surface area is 120 Å². The number of nitrogens with zero attached hydrogens (tertiary/aromatic N) is 2. The van der Waals surface area contributed by atoms with Gasteiger partial charge in [-0.15, -0.1) is 0 Å². The minimum Gasteiger partial charge on any atom is -0.324 e. The third-order valence-electron chi connectivity index (χ3n) is 3.60. The fourth-order valence-electron chi connectivity index (χ4n) is 2.64. The maximum atomic E-state index is 12.0. The lowest BCUT2D eigenvalue weighted by Gasteiger charge is -2.22. The summed E-state index contributed by atoms with van der Waals surface area (Å²) >= 11 is 5.03. The largest absolute Gasteiger partial charge is 0.324 e. The minimum atomic E-state index is -0.462. The number of piperidine rings is 1. The van der Waals surface area contributed by atoms with Gasteiger partial charge in [-0.1, -0.05) is 12.2 Å². The van der Waals surface area contributed by atoms with Crippen LogP contribution in [0.4, 0.5) is 0 Å². The predicted octanol–water partition coefficient (Wildman–Crippen LogP) is 0.819. The van der Waals surface area contributed by atoms with E-state index in [1.54, 1.807) is 0 Å². The predicted molar refractivity (Wildman–Crippen MR) is 74.8 cm³/mol. The smallest absolute Gasteiger partial charge is 0.276 e. The van der Waals surface area contributed by atoms with Crippen molar-refractivity contribution in [1.29, 1.82) is 0 Å². The number of thiocarbonyl (C=S) groups is 1. The van der Waals surface area contributed by atoms with E-state index < -0.39 is 5.91 Å². The van der Waals surface area contributed by atoms with Crippen molar-refractivity contribution < 1.29 is 14.4 Å². The molecule has 0 unspecified atom stereocenters. The number of carbonyl (C=O) groups is 3. The molecule has 1 aliphatic carbocycles. The van der Waals surface area contributed by atoms with Crippen LogP contribution >= 0.6 is 12.2 Å². The maximum absolute atomic E-state index is 12.0. The van der Waals surface area contributed by atoms with Gasteiger partial charge in [0.1, 0.15) is 10.8 Å². The molecule has 0 radical (unpaired) electrons. The summed E-state index contributed by atoms with van der Waals surface area (Å²) in [5.74, 6) is -0.953. The summed E-state index contributed by atoms with van der Waals surface area (Å²) in [5, 5.41) is 7.97. The summed E-state index contributed by atoms with van der Waals surface area (Å²) < 4.78 is 0. The monoisotopic (exact) mass is 291 g/mol. The summed E-state index contributed by atoms with van der Waals surface area (Å²) in [7, 11) is 0. The first kappa shape index (κ1) is 13.1. The van der Waals surface area contributed by atoms with Gasteiger partial charge in [0.05, 0.1) is 12.8 Å². The minimum absolute atomic E-state index is 0.0331. The SMILES string of the molecule is O=C1CC(=O)N(/N=C2\C(=O)NC3=C2CCCC3)C(=S)C1. The van der Waals surface area contributed by atoms with E-state index >= 15 is 0 Å². The van der Waals surface area contributed by atoms with Crippen LogP contribution in [0.1, 0.15) is 38.5 Å². The van der Waals surface area contributed by atoms with Crippen molar-refractivity contribution in [2.75, 3.05) is 0 Å². The van der Waals surface area contributed by atoms with Crippen LogP contribution in [0.25, 0.3) is 0 Å². The number of Topliss-reactive ketones (excluding diaryl/α,β-unsaturated/α-hetero) is 1. The average molecular weight is 291 g/mol. The molecule has 2 aliphatic heterocycles. The Morgan fingerprint density at radius 1 is 1.10 bits per heavy atom. The Hall–Kier alpha value is -1.89. The topological polar surface area (TPSA) is 78.8 Å². The van der Waals surface area contributed by atoms with Crippen molar-refractivity contribution in [3.63, 3.8) is 0 Å². The van der Waals surface area contributed by atoms with Crippen molar-refractivity contribution in [2.45, 2.75) is 38.5 Å². The molecule has 7 heteroatoms. The standard InChI is InChI=1S/C13H13N3O3S/c17-7-5-10(18)16(11(20)6-7)15-12-8-3-1-2-4-9(8)14-13(12)19/h1-6H2,(H,14,15,19). The summed E-state index contributed by atoms with van der Waals surface area (Å²) in [4.78, 5) is 35.2. The highest BCUT2D eigenvalue weighted by atomic mass is 32.1. The van der Waals surface area contributed by atoms with Crippen molar-refractivity contribution in [1.82, 2.24) is 10.3 Å². The van der Waals surface area contributed by atoms with Crippen LogP contribution < -0.4 is 5.32 Å². The Morgan fingerprint density at radius 2 is 1.85 bits per heavy atom. The molecule has 0 aromatic carbocycles.